The summed E-state index contributed by atoms with van der Waals surface area (Å²) < 4.78 is 10.0. The predicted molar refractivity (Wildman–Crippen MR) is 45.7 cm³/mol. The summed E-state index contributed by atoms with van der Waals surface area (Å²) >= 11 is 3.66. The van der Waals surface area contributed by atoms with Crippen molar-refractivity contribution in [3.63, 3.8) is 0 Å². The van der Waals surface area contributed by atoms with Crippen LogP contribution in [0.3, 0.4) is 0 Å². The van der Waals surface area contributed by atoms with Gasteiger partial charge in [0.15, 0.2) is 0 Å². The maximum Gasteiger partial charge on any atom is 0.107 e. The molecule has 11 heavy (non-hydrogen) atoms. The van der Waals surface area contributed by atoms with Gasteiger partial charge in [-0.2, -0.15) is 0 Å². The van der Waals surface area contributed by atoms with Crippen molar-refractivity contribution in [3.8, 4) is 0 Å². The molecular formula is C5H9B2O3S. The molecule has 1 heterocycles. The van der Waals surface area contributed by atoms with Gasteiger partial charge in [-0.05, 0) is 19.3 Å². The Hall–Kier alpha value is 0.360. The van der Waals surface area contributed by atoms with E-state index >= 15 is 0 Å². The monoisotopic (exact) mass is 171 g/mol. The quantitative estimate of drug-likeness (QED) is 0.328. The van der Waals surface area contributed by atoms with Crippen LogP contribution < -0.4 is 0 Å². The average Bonchev–Trinajstić information content (AvgIpc) is 2.46. The number of hydrogen-bond acceptors (Lipinski definition) is 4. The summed E-state index contributed by atoms with van der Waals surface area (Å²) in [7, 11) is 6.71. The highest BCUT2D eigenvalue weighted by Crippen LogP contribution is 2.22. The Morgan fingerprint density at radius 2 is 2.55 bits per heavy atom. The lowest BCUT2D eigenvalue weighted by molar-refractivity contribution is 0.00897. The number of ether oxygens (including phenoxy) is 1. The van der Waals surface area contributed by atoms with Gasteiger partial charge in [0.05, 0.1) is 13.8 Å². The minimum Gasteiger partial charge on any atom is -0.394 e. The summed E-state index contributed by atoms with van der Waals surface area (Å²) in [5.74, 6) is 0. The normalized spacial score (nSPS) is 37.5. The van der Waals surface area contributed by atoms with E-state index in [0.29, 0.717) is 6.42 Å². The van der Waals surface area contributed by atoms with E-state index in [1.165, 1.54) is 7.17 Å². The maximum atomic E-state index is 8.79. The van der Waals surface area contributed by atoms with Crippen LogP contribution in [0.25, 0.3) is 0 Å². The van der Waals surface area contributed by atoms with Crippen LogP contribution in [0.15, 0.2) is 0 Å². The molecule has 59 valence electrons. The van der Waals surface area contributed by atoms with Crippen LogP contribution in [0.2, 0.25) is 0 Å². The zero-order valence-corrected chi connectivity index (χ0v) is 6.91. The summed E-state index contributed by atoms with van der Waals surface area (Å²) in [5, 5.41) is 8.79. The van der Waals surface area contributed by atoms with Gasteiger partial charge in [-0.1, -0.05) is 0 Å². The highest BCUT2D eigenvalue weighted by atomic mass is 32.1. The van der Waals surface area contributed by atoms with Gasteiger partial charge in [-0.15, -0.1) is 0 Å². The third kappa shape index (κ3) is 2.15. The van der Waals surface area contributed by atoms with Gasteiger partial charge in [0.25, 0.3) is 0 Å². The topological polar surface area (TPSA) is 38.7 Å². The van der Waals surface area contributed by atoms with Gasteiger partial charge < -0.3 is 14.0 Å². The summed E-state index contributed by atoms with van der Waals surface area (Å²) in [6.07, 6.45) is 0.205. The van der Waals surface area contributed by atoms with Gasteiger partial charge in [0, 0.05) is 13.7 Å². The average molecular weight is 171 g/mol. The lowest BCUT2D eigenvalue weighted by Gasteiger charge is -2.12. The predicted octanol–water partition coefficient (Wildman–Crippen LogP) is -0.889. The molecule has 1 aliphatic rings. The van der Waals surface area contributed by atoms with Gasteiger partial charge in [-0.25, -0.2) is 0 Å². The Balaban J connectivity index is 2.41. The van der Waals surface area contributed by atoms with E-state index in [1.54, 1.807) is 0 Å². The van der Waals surface area contributed by atoms with Crippen molar-refractivity contribution in [2.45, 2.75) is 24.6 Å². The van der Waals surface area contributed by atoms with Crippen molar-refractivity contribution in [2.75, 3.05) is 6.61 Å². The number of thiol groups is 1. The van der Waals surface area contributed by atoms with Crippen molar-refractivity contribution in [3.05, 3.63) is 0 Å². The number of aliphatic hydroxyl groups is 1. The third-order valence-corrected chi connectivity index (χ3v) is 2.03. The minimum absolute atomic E-state index is 0.0600. The first-order valence-corrected chi connectivity index (χ1v) is 3.80. The number of rotatable bonds is 3. The van der Waals surface area contributed by atoms with Crippen LogP contribution in [0.1, 0.15) is 6.42 Å². The fourth-order valence-corrected chi connectivity index (χ4v) is 1.37. The lowest BCUT2D eigenvalue weighted by Crippen LogP contribution is -2.25. The molecule has 0 bridgehead atoms. The van der Waals surface area contributed by atoms with Gasteiger partial charge in [-0.3, -0.25) is 0 Å². The van der Waals surface area contributed by atoms with E-state index in [4.69, 9.17) is 21.8 Å². The fraction of sp³-hybridized carbons (Fsp3) is 1.00. The molecular weight excluding hydrogens is 162 g/mol. The Morgan fingerprint density at radius 1 is 1.82 bits per heavy atom. The smallest absolute Gasteiger partial charge is 0.107 e. The maximum absolute atomic E-state index is 8.79. The standard InChI is InChI=1S/C5H9B2O3S/c6-7-5-1-3(10-11)4(2-8)9-5/h3-5,8,11H,1-2H2. The molecule has 6 heteroatoms. The number of hydrogen-bond donors (Lipinski definition) is 2. The second kappa shape index (κ2) is 4.40. The van der Waals surface area contributed by atoms with Crippen molar-refractivity contribution >= 4 is 27.8 Å². The summed E-state index contributed by atoms with van der Waals surface area (Å²) in [4.78, 5) is 0. The molecule has 1 rings (SSSR count). The van der Waals surface area contributed by atoms with E-state index in [1.807, 2.05) is 0 Å². The van der Waals surface area contributed by atoms with E-state index in [9.17, 15) is 0 Å². The molecule has 1 N–H and O–H groups in total. The molecule has 1 fully saturated rings. The molecule has 3 radical (unpaired) electrons. The van der Waals surface area contributed by atoms with Crippen LogP contribution >= 0.6 is 12.9 Å². The molecule has 0 spiro atoms. The first kappa shape index (κ1) is 9.45. The van der Waals surface area contributed by atoms with Gasteiger partial charge in [0.2, 0.25) is 0 Å². The van der Waals surface area contributed by atoms with E-state index < -0.39 is 0 Å². The van der Waals surface area contributed by atoms with Crippen molar-refractivity contribution in [2.24, 2.45) is 0 Å². The van der Waals surface area contributed by atoms with Crippen molar-refractivity contribution in [1.82, 2.24) is 0 Å². The molecule has 0 amide bonds. The molecule has 0 aliphatic carbocycles. The van der Waals surface area contributed by atoms with Crippen LogP contribution in [-0.2, 0) is 8.92 Å². The van der Waals surface area contributed by atoms with E-state index in [2.05, 4.69) is 12.9 Å². The molecule has 1 saturated heterocycles. The van der Waals surface area contributed by atoms with Crippen LogP contribution in [0, 0.1) is 0 Å². The SMILES string of the molecule is [B][B]C1CC(OS)C(CO)O1. The Labute approximate surface area is 73.7 Å². The molecule has 1 aliphatic heterocycles. The molecule has 3 nitrogen and oxygen atoms in total. The summed E-state index contributed by atoms with van der Waals surface area (Å²) in [6, 6.07) is -0.121. The second-order valence-electron chi connectivity index (χ2n) is 2.47. The zero-order valence-electron chi connectivity index (χ0n) is 6.01. The highest BCUT2D eigenvalue weighted by Gasteiger charge is 2.33. The number of aliphatic hydroxyl groups excluding tert-OH is 1. The van der Waals surface area contributed by atoms with E-state index in [-0.39, 0.29) is 24.8 Å². The third-order valence-electron chi connectivity index (χ3n) is 1.76. The molecule has 0 saturated carbocycles. The minimum atomic E-state index is -0.294. The van der Waals surface area contributed by atoms with Crippen molar-refractivity contribution < 1.29 is 14.0 Å². The van der Waals surface area contributed by atoms with Crippen LogP contribution in [0.4, 0.5) is 0 Å². The summed E-state index contributed by atoms with van der Waals surface area (Å²) in [5.41, 5.74) is 0. The first-order chi connectivity index (χ1) is 5.31. The lowest BCUT2D eigenvalue weighted by atomic mass is 9.51. The van der Waals surface area contributed by atoms with Crippen LogP contribution in [0.5, 0.6) is 0 Å². The Bertz CT molecular complexity index is 114. The fourth-order valence-electron chi connectivity index (χ4n) is 1.14. The molecule has 0 aromatic carbocycles. The molecule has 0 aromatic rings. The van der Waals surface area contributed by atoms with E-state index in [0.717, 1.165) is 0 Å². The van der Waals surface area contributed by atoms with Crippen LogP contribution in [-0.4, -0.2) is 44.8 Å². The molecule has 0 aromatic heterocycles. The first-order valence-electron chi connectivity index (χ1n) is 3.43. The Morgan fingerprint density at radius 3 is 2.91 bits per heavy atom. The zero-order chi connectivity index (χ0) is 8.27. The Kier molecular flexibility index (Phi) is 3.78. The van der Waals surface area contributed by atoms with Crippen molar-refractivity contribution in [1.29, 1.82) is 0 Å². The highest BCUT2D eigenvalue weighted by molar-refractivity contribution is 7.75. The second-order valence-corrected chi connectivity index (χ2v) is 2.68. The van der Waals surface area contributed by atoms with Gasteiger partial charge in [0.1, 0.15) is 12.2 Å². The molecule has 3 unspecified atom stereocenters. The summed E-state index contributed by atoms with van der Waals surface area (Å²) in [6.45, 7) is -0.0600. The van der Waals surface area contributed by atoms with Gasteiger partial charge >= 0.3 is 0 Å². The molecule has 3 atom stereocenters. The largest absolute Gasteiger partial charge is 0.394 e.